The second-order valence-corrected chi connectivity index (χ2v) is 11.1. The van der Waals surface area contributed by atoms with Crippen LogP contribution in [0.2, 0.25) is 0 Å². The quantitative estimate of drug-likeness (QED) is 0.0855. The molecule has 0 saturated carbocycles. The molecule has 0 spiro atoms. The Kier molecular flexibility index (Phi) is 13.5. The summed E-state index contributed by atoms with van der Waals surface area (Å²) < 4.78 is 23.6. The normalized spacial score (nSPS) is 10.7. The Labute approximate surface area is 253 Å². The van der Waals surface area contributed by atoms with E-state index in [-0.39, 0.29) is 11.5 Å². The Bertz CT molecular complexity index is 1130. The van der Waals surface area contributed by atoms with Gasteiger partial charge in [-0.3, -0.25) is 0 Å². The van der Waals surface area contributed by atoms with Crippen LogP contribution in [0.5, 0.6) is 23.0 Å². The van der Waals surface area contributed by atoms with Gasteiger partial charge in [0, 0.05) is 12.1 Å². The minimum atomic E-state index is -0.514. The molecular weight excluding hydrogens is 640 g/mol. The topological polar surface area (TPSA) is 71.1 Å². The van der Waals surface area contributed by atoms with Crippen molar-refractivity contribution in [2.45, 2.75) is 65.2 Å². The summed E-state index contributed by atoms with van der Waals surface area (Å²) in [6.07, 6.45) is 9.07. The van der Waals surface area contributed by atoms with Gasteiger partial charge in [0.25, 0.3) is 0 Å². The van der Waals surface area contributed by atoms with Crippen molar-refractivity contribution in [1.29, 1.82) is 0 Å². The molecule has 0 amide bonds. The minimum absolute atomic E-state index is 0.286. The lowest BCUT2D eigenvalue weighted by molar-refractivity contribution is 0.0717. The predicted octanol–water partition coefficient (Wildman–Crippen LogP) is 9.57. The van der Waals surface area contributed by atoms with Crippen LogP contribution < -0.4 is 18.9 Å². The van der Waals surface area contributed by atoms with Gasteiger partial charge in [0.05, 0.1) is 33.3 Å². The van der Waals surface area contributed by atoms with Crippen LogP contribution in [0, 0.1) is 0 Å². The number of esters is 2. The molecule has 0 heterocycles. The molecule has 0 fully saturated rings. The Morgan fingerprint density at radius 1 is 0.575 bits per heavy atom. The number of ether oxygens (including phenoxy) is 4. The molecule has 0 atom stereocenters. The molecule has 0 aromatic heterocycles. The SMILES string of the molecule is CCCCCCOc1ccc(C(=O)Oc2cc(Br)c(OC(=O)c3ccc(OCCCCCC)cc3)cc2Br)cc1. The monoisotopic (exact) mass is 674 g/mol. The number of unbranched alkanes of at least 4 members (excludes halogenated alkanes) is 6. The second-order valence-electron chi connectivity index (χ2n) is 9.36. The number of hydrogen-bond acceptors (Lipinski definition) is 6. The molecule has 0 N–H and O–H groups in total. The van der Waals surface area contributed by atoms with E-state index in [2.05, 4.69) is 45.7 Å². The first kappa shape index (κ1) is 31.7. The molecular formula is C32H36Br2O6. The van der Waals surface area contributed by atoms with Gasteiger partial charge in [0.2, 0.25) is 0 Å². The molecule has 6 nitrogen and oxygen atoms in total. The van der Waals surface area contributed by atoms with Crippen molar-refractivity contribution in [3.8, 4) is 23.0 Å². The summed E-state index contributed by atoms with van der Waals surface area (Å²) in [5.74, 6) is 0.973. The van der Waals surface area contributed by atoms with Crippen LogP contribution in [0.4, 0.5) is 0 Å². The second kappa shape index (κ2) is 17.1. The summed E-state index contributed by atoms with van der Waals surface area (Å²) in [6, 6.07) is 16.9. The van der Waals surface area contributed by atoms with Crippen molar-refractivity contribution >= 4 is 43.8 Å². The fourth-order valence-corrected chi connectivity index (χ4v) is 4.60. The fourth-order valence-electron chi connectivity index (χ4n) is 3.80. The highest BCUT2D eigenvalue weighted by atomic mass is 79.9. The summed E-state index contributed by atoms with van der Waals surface area (Å²) in [5, 5.41) is 0. The highest BCUT2D eigenvalue weighted by Gasteiger charge is 2.17. The highest BCUT2D eigenvalue weighted by Crippen LogP contribution is 2.37. The van der Waals surface area contributed by atoms with Crippen LogP contribution in [-0.2, 0) is 0 Å². The summed E-state index contributed by atoms with van der Waals surface area (Å²) in [6.45, 7) is 5.65. The van der Waals surface area contributed by atoms with E-state index in [9.17, 15) is 9.59 Å². The van der Waals surface area contributed by atoms with Crippen molar-refractivity contribution in [1.82, 2.24) is 0 Å². The third kappa shape index (κ3) is 10.3. The lowest BCUT2D eigenvalue weighted by Gasteiger charge is -2.12. The standard InChI is InChI=1S/C32H36Br2O6/c1-3-5-7-9-19-37-25-15-11-23(12-16-25)31(35)39-29-21-28(34)30(22-27(29)33)40-32(36)24-13-17-26(18-14-24)38-20-10-8-6-4-2/h11-18,21-22H,3-10,19-20H2,1-2H3. The van der Waals surface area contributed by atoms with Crippen LogP contribution in [-0.4, -0.2) is 25.2 Å². The van der Waals surface area contributed by atoms with E-state index >= 15 is 0 Å². The molecule has 214 valence electrons. The largest absolute Gasteiger partial charge is 0.494 e. The van der Waals surface area contributed by atoms with E-state index in [4.69, 9.17) is 18.9 Å². The number of carbonyl (C=O) groups excluding carboxylic acids is 2. The molecule has 8 heteroatoms. The molecule has 0 aliphatic carbocycles. The van der Waals surface area contributed by atoms with Gasteiger partial charge in [0.15, 0.2) is 0 Å². The molecule has 3 aromatic carbocycles. The van der Waals surface area contributed by atoms with Gasteiger partial charge in [0.1, 0.15) is 23.0 Å². The van der Waals surface area contributed by atoms with Gasteiger partial charge < -0.3 is 18.9 Å². The van der Waals surface area contributed by atoms with Gasteiger partial charge in [-0.25, -0.2) is 9.59 Å². The smallest absolute Gasteiger partial charge is 0.343 e. The average molecular weight is 676 g/mol. The van der Waals surface area contributed by atoms with Gasteiger partial charge in [-0.1, -0.05) is 52.4 Å². The van der Waals surface area contributed by atoms with Crippen LogP contribution in [0.3, 0.4) is 0 Å². The molecule has 3 aromatic rings. The first-order valence-corrected chi connectivity index (χ1v) is 15.4. The summed E-state index contributed by atoms with van der Waals surface area (Å²) in [4.78, 5) is 25.4. The van der Waals surface area contributed by atoms with Gasteiger partial charge in [-0.05, 0) is 93.2 Å². The molecule has 0 saturated heterocycles. The van der Waals surface area contributed by atoms with Crippen LogP contribution in [0.25, 0.3) is 0 Å². The summed E-state index contributed by atoms with van der Waals surface area (Å²) in [7, 11) is 0. The van der Waals surface area contributed by atoms with Crippen LogP contribution >= 0.6 is 31.9 Å². The Morgan fingerprint density at radius 2 is 0.950 bits per heavy atom. The van der Waals surface area contributed by atoms with E-state index in [1.54, 1.807) is 60.7 Å². The zero-order valence-corrected chi connectivity index (χ0v) is 26.2. The third-order valence-electron chi connectivity index (χ3n) is 6.10. The maximum Gasteiger partial charge on any atom is 0.343 e. The Hall–Kier alpha value is -2.84. The molecule has 0 aliphatic rings. The van der Waals surface area contributed by atoms with E-state index < -0.39 is 11.9 Å². The number of halogens is 2. The van der Waals surface area contributed by atoms with Crippen molar-refractivity contribution in [3.05, 3.63) is 80.7 Å². The lowest BCUT2D eigenvalue weighted by Crippen LogP contribution is -2.11. The van der Waals surface area contributed by atoms with Gasteiger partial charge in [-0.15, -0.1) is 0 Å². The zero-order valence-electron chi connectivity index (χ0n) is 23.0. The summed E-state index contributed by atoms with van der Waals surface area (Å²) in [5.41, 5.74) is 0.787. The molecule has 0 bridgehead atoms. The number of carbonyl (C=O) groups is 2. The van der Waals surface area contributed by atoms with E-state index in [0.717, 1.165) is 25.7 Å². The molecule has 0 radical (unpaired) electrons. The van der Waals surface area contributed by atoms with Crippen molar-refractivity contribution in [2.75, 3.05) is 13.2 Å². The Balaban J connectivity index is 1.53. The van der Waals surface area contributed by atoms with Crippen molar-refractivity contribution in [3.63, 3.8) is 0 Å². The van der Waals surface area contributed by atoms with Gasteiger partial charge in [-0.2, -0.15) is 0 Å². The molecule has 0 unspecified atom stereocenters. The van der Waals surface area contributed by atoms with Crippen molar-refractivity contribution in [2.24, 2.45) is 0 Å². The van der Waals surface area contributed by atoms with E-state index in [0.29, 0.717) is 44.8 Å². The Morgan fingerprint density at radius 3 is 1.30 bits per heavy atom. The number of hydrogen-bond donors (Lipinski definition) is 0. The first-order chi connectivity index (χ1) is 19.4. The maximum absolute atomic E-state index is 12.7. The van der Waals surface area contributed by atoms with Crippen molar-refractivity contribution < 1.29 is 28.5 Å². The lowest BCUT2D eigenvalue weighted by atomic mass is 10.2. The van der Waals surface area contributed by atoms with Crippen LogP contribution in [0.1, 0.15) is 85.9 Å². The fraction of sp³-hybridized carbons (Fsp3) is 0.375. The van der Waals surface area contributed by atoms with E-state index in [1.807, 2.05) is 0 Å². The minimum Gasteiger partial charge on any atom is -0.494 e. The van der Waals surface area contributed by atoms with E-state index in [1.165, 1.54) is 25.7 Å². The predicted molar refractivity (Wildman–Crippen MR) is 164 cm³/mol. The maximum atomic E-state index is 12.7. The molecule has 40 heavy (non-hydrogen) atoms. The highest BCUT2D eigenvalue weighted by molar-refractivity contribution is 9.11. The van der Waals surface area contributed by atoms with Crippen LogP contribution in [0.15, 0.2) is 69.6 Å². The first-order valence-electron chi connectivity index (χ1n) is 13.8. The molecule has 3 rings (SSSR count). The zero-order chi connectivity index (χ0) is 28.7. The number of rotatable bonds is 16. The number of benzene rings is 3. The van der Waals surface area contributed by atoms with Gasteiger partial charge >= 0.3 is 11.9 Å². The average Bonchev–Trinajstić information content (AvgIpc) is 2.96. The third-order valence-corrected chi connectivity index (χ3v) is 7.34. The summed E-state index contributed by atoms with van der Waals surface area (Å²) >= 11 is 6.82. The molecule has 0 aliphatic heterocycles.